The van der Waals surface area contributed by atoms with E-state index in [1.807, 2.05) is 0 Å². The molecule has 94 valence electrons. The summed E-state index contributed by atoms with van der Waals surface area (Å²) in [6.45, 7) is 1.48. The Morgan fingerprint density at radius 3 is 2.71 bits per heavy atom. The van der Waals surface area contributed by atoms with Gasteiger partial charge in [0.15, 0.2) is 0 Å². The van der Waals surface area contributed by atoms with Gasteiger partial charge in [0.2, 0.25) is 0 Å². The Bertz CT molecular complexity index is 400. The van der Waals surface area contributed by atoms with Gasteiger partial charge >= 0.3 is 6.18 Å². The molecule has 1 saturated heterocycles. The molecule has 1 aliphatic heterocycles. The van der Waals surface area contributed by atoms with E-state index in [-0.39, 0.29) is 5.56 Å². The summed E-state index contributed by atoms with van der Waals surface area (Å²) in [5.41, 5.74) is -0.851. The van der Waals surface area contributed by atoms with E-state index in [9.17, 15) is 18.3 Å². The van der Waals surface area contributed by atoms with Crippen molar-refractivity contribution in [2.24, 2.45) is 0 Å². The van der Waals surface area contributed by atoms with Gasteiger partial charge in [-0.05, 0) is 6.07 Å². The second kappa shape index (κ2) is 4.54. The van der Waals surface area contributed by atoms with Crippen LogP contribution in [-0.4, -0.2) is 24.8 Å². The van der Waals surface area contributed by atoms with Crippen LogP contribution in [0.5, 0.6) is 5.75 Å². The van der Waals surface area contributed by atoms with E-state index in [4.69, 9.17) is 4.74 Å². The van der Waals surface area contributed by atoms with Crippen LogP contribution in [0.2, 0.25) is 0 Å². The molecule has 1 heterocycles. The summed E-state index contributed by atoms with van der Waals surface area (Å²) in [7, 11) is 0. The SMILES string of the molecule is Oc1c(C2CNCCO2)cccc1C(F)(F)F. The number of hydrogen-bond acceptors (Lipinski definition) is 3. The summed E-state index contributed by atoms with van der Waals surface area (Å²) >= 11 is 0. The Labute approximate surface area is 96.2 Å². The third kappa shape index (κ3) is 2.53. The van der Waals surface area contributed by atoms with Gasteiger partial charge in [0, 0.05) is 18.7 Å². The van der Waals surface area contributed by atoms with E-state index in [1.54, 1.807) is 0 Å². The Morgan fingerprint density at radius 2 is 2.12 bits per heavy atom. The fourth-order valence-corrected chi connectivity index (χ4v) is 1.82. The van der Waals surface area contributed by atoms with Crippen LogP contribution in [-0.2, 0) is 10.9 Å². The predicted octanol–water partition coefficient (Wildman–Crippen LogP) is 2.07. The van der Waals surface area contributed by atoms with Crippen molar-refractivity contribution in [3.8, 4) is 5.75 Å². The highest BCUT2D eigenvalue weighted by atomic mass is 19.4. The van der Waals surface area contributed by atoms with Crippen molar-refractivity contribution in [1.29, 1.82) is 0 Å². The first-order valence-electron chi connectivity index (χ1n) is 5.21. The first kappa shape index (κ1) is 12.2. The molecule has 1 fully saturated rings. The predicted molar refractivity (Wildman–Crippen MR) is 54.7 cm³/mol. The third-order valence-electron chi connectivity index (χ3n) is 2.65. The minimum Gasteiger partial charge on any atom is -0.507 e. The molecule has 1 aliphatic rings. The number of alkyl halides is 3. The molecule has 1 aromatic rings. The Morgan fingerprint density at radius 1 is 1.35 bits per heavy atom. The molecule has 0 saturated carbocycles. The summed E-state index contributed by atoms with van der Waals surface area (Å²) in [4.78, 5) is 0. The monoisotopic (exact) mass is 247 g/mol. The molecule has 0 aliphatic carbocycles. The lowest BCUT2D eigenvalue weighted by Crippen LogP contribution is -2.33. The number of phenols is 1. The Balaban J connectivity index is 2.35. The lowest BCUT2D eigenvalue weighted by atomic mass is 10.0. The number of nitrogens with one attached hydrogen (secondary N) is 1. The van der Waals surface area contributed by atoms with Crippen molar-refractivity contribution in [1.82, 2.24) is 5.32 Å². The third-order valence-corrected chi connectivity index (χ3v) is 2.65. The smallest absolute Gasteiger partial charge is 0.419 e. The molecule has 0 aromatic heterocycles. The Kier molecular flexibility index (Phi) is 3.26. The molecule has 1 aromatic carbocycles. The molecule has 1 unspecified atom stereocenters. The summed E-state index contributed by atoms with van der Waals surface area (Å²) in [6.07, 6.45) is -5.09. The summed E-state index contributed by atoms with van der Waals surface area (Å²) in [5, 5.41) is 12.7. The molecule has 3 nitrogen and oxygen atoms in total. The maximum absolute atomic E-state index is 12.6. The molecular formula is C11H12F3NO2. The van der Waals surface area contributed by atoms with Gasteiger partial charge in [-0.15, -0.1) is 0 Å². The molecule has 0 spiro atoms. The number of hydrogen-bond donors (Lipinski definition) is 2. The normalized spacial score (nSPS) is 21.5. The molecule has 17 heavy (non-hydrogen) atoms. The first-order chi connectivity index (χ1) is 8.00. The average molecular weight is 247 g/mol. The zero-order chi connectivity index (χ0) is 12.5. The molecule has 0 bridgehead atoms. The van der Waals surface area contributed by atoms with Gasteiger partial charge in [-0.1, -0.05) is 12.1 Å². The lowest BCUT2D eigenvalue weighted by Gasteiger charge is -2.25. The van der Waals surface area contributed by atoms with Gasteiger partial charge < -0.3 is 15.2 Å². The fraction of sp³-hybridized carbons (Fsp3) is 0.455. The second-order valence-corrected chi connectivity index (χ2v) is 3.80. The van der Waals surface area contributed by atoms with Gasteiger partial charge in [-0.2, -0.15) is 13.2 Å². The second-order valence-electron chi connectivity index (χ2n) is 3.80. The number of aromatic hydroxyl groups is 1. The zero-order valence-corrected chi connectivity index (χ0v) is 8.92. The van der Waals surface area contributed by atoms with Crippen LogP contribution in [0.4, 0.5) is 13.2 Å². The number of morpholine rings is 1. The lowest BCUT2D eigenvalue weighted by molar-refractivity contribution is -0.139. The highest BCUT2D eigenvalue weighted by Crippen LogP contribution is 2.39. The number of para-hydroxylation sites is 1. The number of ether oxygens (including phenoxy) is 1. The van der Waals surface area contributed by atoms with Crippen LogP contribution in [0.3, 0.4) is 0 Å². The van der Waals surface area contributed by atoms with E-state index >= 15 is 0 Å². The fourth-order valence-electron chi connectivity index (χ4n) is 1.82. The molecule has 2 rings (SSSR count). The van der Waals surface area contributed by atoms with Crippen LogP contribution >= 0.6 is 0 Å². The minimum absolute atomic E-state index is 0.173. The van der Waals surface area contributed by atoms with Gasteiger partial charge in [-0.25, -0.2) is 0 Å². The zero-order valence-electron chi connectivity index (χ0n) is 8.92. The average Bonchev–Trinajstić information content (AvgIpc) is 2.29. The van der Waals surface area contributed by atoms with Crippen molar-refractivity contribution in [3.05, 3.63) is 29.3 Å². The van der Waals surface area contributed by atoms with E-state index in [1.165, 1.54) is 12.1 Å². The maximum atomic E-state index is 12.6. The molecule has 6 heteroatoms. The van der Waals surface area contributed by atoms with Gasteiger partial charge in [0.05, 0.1) is 18.3 Å². The summed E-state index contributed by atoms with van der Waals surface area (Å²) < 4.78 is 43.1. The van der Waals surface area contributed by atoms with E-state index in [0.29, 0.717) is 19.7 Å². The van der Waals surface area contributed by atoms with Crippen LogP contribution < -0.4 is 5.32 Å². The van der Waals surface area contributed by atoms with Crippen molar-refractivity contribution < 1.29 is 23.0 Å². The topological polar surface area (TPSA) is 41.5 Å². The quantitative estimate of drug-likeness (QED) is 0.798. The highest BCUT2D eigenvalue weighted by Gasteiger charge is 2.35. The van der Waals surface area contributed by atoms with Crippen LogP contribution in [0, 0.1) is 0 Å². The molecule has 0 radical (unpaired) electrons. The summed E-state index contributed by atoms with van der Waals surface area (Å²) in [6, 6.07) is 3.58. The number of benzene rings is 1. The van der Waals surface area contributed by atoms with Gasteiger partial charge in [0.25, 0.3) is 0 Å². The number of rotatable bonds is 1. The van der Waals surface area contributed by atoms with E-state index in [0.717, 1.165) is 6.07 Å². The van der Waals surface area contributed by atoms with E-state index in [2.05, 4.69) is 5.32 Å². The Hall–Kier alpha value is -1.27. The largest absolute Gasteiger partial charge is 0.507 e. The van der Waals surface area contributed by atoms with E-state index < -0.39 is 23.6 Å². The van der Waals surface area contributed by atoms with Crippen LogP contribution in [0.25, 0.3) is 0 Å². The molecule has 1 atom stereocenters. The number of phenolic OH excluding ortho intramolecular Hbond substituents is 1. The molecular weight excluding hydrogens is 235 g/mol. The van der Waals surface area contributed by atoms with Gasteiger partial charge in [-0.3, -0.25) is 0 Å². The van der Waals surface area contributed by atoms with Crippen molar-refractivity contribution >= 4 is 0 Å². The standard InChI is InChI=1S/C11H12F3NO2/c12-11(13,14)8-3-1-2-7(10(8)16)9-6-15-4-5-17-9/h1-3,9,15-16H,4-6H2. The minimum atomic E-state index is -4.55. The first-order valence-corrected chi connectivity index (χ1v) is 5.21. The maximum Gasteiger partial charge on any atom is 0.419 e. The summed E-state index contributed by atoms with van der Waals surface area (Å²) in [5.74, 6) is -0.742. The van der Waals surface area contributed by atoms with Crippen molar-refractivity contribution in [3.63, 3.8) is 0 Å². The highest BCUT2D eigenvalue weighted by molar-refractivity contribution is 5.43. The van der Waals surface area contributed by atoms with Crippen molar-refractivity contribution in [2.45, 2.75) is 12.3 Å². The molecule has 2 N–H and O–H groups in total. The molecule has 0 amide bonds. The van der Waals surface area contributed by atoms with Gasteiger partial charge in [0.1, 0.15) is 5.75 Å². The number of halogens is 3. The van der Waals surface area contributed by atoms with Crippen LogP contribution in [0.15, 0.2) is 18.2 Å². The van der Waals surface area contributed by atoms with Crippen molar-refractivity contribution in [2.75, 3.05) is 19.7 Å². The van der Waals surface area contributed by atoms with Crippen LogP contribution in [0.1, 0.15) is 17.2 Å².